The van der Waals surface area contributed by atoms with Crippen LogP contribution in [0.2, 0.25) is 0 Å². The van der Waals surface area contributed by atoms with Crippen molar-refractivity contribution in [3.8, 4) is 17.2 Å². The third kappa shape index (κ3) is 15.0. The van der Waals surface area contributed by atoms with Gasteiger partial charge in [-0.1, -0.05) is 107 Å². The molecule has 2 unspecified atom stereocenters. The van der Waals surface area contributed by atoms with Gasteiger partial charge in [0.15, 0.2) is 0 Å². The van der Waals surface area contributed by atoms with E-state index >= 15 is 0 Å². The van der Waals surface area contributed by atoms with Crippen LogP contribution in [0, 0.1) is 5.92 Å². The minimum absolute atomic E-state index is 0.00505. The highest BCUT2D eigenvalue weighted by Crippen LogP contribution is 2.45. The number of ether oxygens (including phenoxy) is 2. The molecule has 2 atom stereocenters. The summed E-state index contributed by atoms with van der Waals surface area (Å²) in [7, 11) is -1.82. The number of phenolic OH excluding ortho intramolecular Hbond substituents is 1. The van der Waals surface area contributed by atoms with E-state index in [0.29, 0.717) is 11.4 Å². The summed E-state index contributed by atoms with van der Waals surface area (Å²) in [6, 6.07) is 22.4. The Morgan fingerprint density at radius 3 is 2.18 bits per heavy atom. The molecular formula is C50H67N3O8S. The van der Waals surface area contributed by atoms with Crippen LogP contribution >= 0.6 is 0 Å². The van der Waals surface area contributed by atoms with Gasteiger partial charge in [-0.2, -0.15) is 8.42 Å². The van der Waals surface area contributed by atoms with Crippen LogP contribution in [-0.2, 0) is 26.1 Å². The predicted octanol–water partition coefficient (Wildman–Crippen LogP) is 10.6. The van der Waals surface area contributed by atoms with Crippen LogP contribution in [0.3, 0.4) is 0 Å². The van der Waals surface area contributed by atoms with Gasteiger partial charge in [-0.3, -0.25) is 14.1 Å². The van der Waals surface area contributed by atoms with Gasteiger partial charge in [-0.15, -0.1) is 0 Å². The number of nitrogens with zero attached hydrogens (tertiary/aromatic N) is 1. The van der Waals surface area contributed by atoms with Gasteiger partial charge >= 0.3 is 5.97 Å². The lowest BCUT2D eigenvalue weighted by atomic mass is 9.78. The summed E-state index contributed by atoms with van der Waals surface area (Å²) in [5, 5.41) is 14.5. The minimum Gasteiger partial charge on any atom is -0.506 e. The third-order valence-corrected chi connectivity index (χ3v) is 12.2. The van der Waals surface area contributed by atoms with Crippen molar-refractivity contribution >= 4 is 27.0 Å². The summed E-state index contributed by atoms with van der Waals surface area (Å²) in [4.78, 5) is 30.1. The maximum absolute atomic E-state index is 13.5. The Hall–Kier alpha value is -5.17. The van der Waals surface area contributed by atoms with Crippen LogP contribution in [0.1, 0.15) is 114 Å². The van der Waals surface area contributed by atoms with E-state index < -0.39 is 16.0 Å². The number of para-hydroxylation sites is 2. The fraction of sp³-hybridized carbons (Fsp3) is 0.440. The molecule has 2 heterocycles. The molecule has 1 aliphatic heterocycles. The van der Waals surface area contributed by atoms with E-state index in [-0.39, 0.29) is 28.3 Å². The molecule has 4 N–H and O–H groups in total. The van der Waals surface area contributed by atoms with Crippen molar-refractivity contribution in [1.29, 1.82) is 0 Å². The lowest BCUT2D eigenvalue weighted by Gasteiger charge is -2.37. The first-order valence-corrected chi connectivity index (χ1v) is 23.6. The Balaban J connectivity index is 0.000000684. The number of H-pyrrole nitrogens is 1. The van der Waals surface area contributed by atoms with Crippen LogP contribution in [0.4, 0.5) is 0 Å². The number of hydrogen-bond acceptors (Lipinski definition) is 9. The third-order valence-electron chi connectivity index (χ3n) is 11.3. The molecule has 1 fully saturated rings. The molecule has 0 bridgehead atoms. The highest BCUT2D eigenvalue weighted by Gasteiger charge is 2.39. The number of esters is 1. The highest BCUT2D eigenvalue weighted by atomic mass is 32.2. The number of allylic oxidation sites excluding steroid dienone is 4. The van der Waals surface area contributed by atoms with Gasteiger partial charge in [0.25, 0.3) is 10.1 Å². The average molecular weight is 870 g/mol. The van der Waals surface area contributed by atoms with Crippen LogP contribution in [0.25, 0.3) is 10.9 Å². The van der Waals surface area contributed by atoms with E-state index in [0.717, 1.165) is 85.3 Å². The molecule has 0 spiro atoms. The zero-order chi connectivity index (χ0) is 44.9. The largest absolute Gasteiger partial charge is 0.506 e. The molecule has 1 saturated carbocycles. The summed E-state index contributed by atoms with van der Waals surface area (Å²) in [5.74, 6) is 1.37. The van der Waals surface area contributed by atoms with Crippen molar-refractivity contribution in [2.75, 3.05) is 26.7 Å². The zero-order valence-electron chi connectivity index (χ0n) is 37.0. The fourth-order valence-corrected chi connectivity index (χ4v) is 7.92. The smallest absolute Gasteiger partial charge is 0.318 e. The lowest BCUT2D eigenvalue weighted by Crippen LogP contribution is -2.37. The van der Waals surface area contributed by atoms with Gasteiger partial charge in [0, 0.05) is 36.2 Å². The van der Waals surface area contributed by atoms with E-state index in [4.69, 9.17) is 14.0 Å². The number of aromatic hydroxyl groups is 1. The summed E-state index contributed by atoms with van der Waals surface area (Å²) >= 11 is 0. The number of unbranched alkanes of at least 4 members (excludes halogenated alkanes) is 6. The minimum atomic E-state index is -3.98. The average Bonchev–Trinajstić information content (AvgIpc) is 3.26. The Kier molecular flexibility index (Phi) is 20.5. The van der Waals surface area contributed by atoms with Crippen molar-refractivity contribution in [3.05, 3.63) is 136 Å². The number of carbonyl (C=O) groups is 1. The normalized spacial score (nSPS) is 15.8. The maximum atomic E-state index is 13.5. The molecule has 1 aliphatic carbocycles. The van der Waals surface area contributed by atoms with Gasteiger partial charge in [0.1, 0.15) is 29.3 Å². The predicted molar refractivity (Wildman–Crippen MR) is 250 cm³/mol. The number of carbonyl (C=O) groups excluding carboxylic acids is 1. The number of nitrogens with one attached hydrogen (secondary N) is 2. The number of fused-ring (bicyclic) bond motifs is 3. The Labute approximate surface area is 368 Å². The van der Waals surface area contributed by atoms with Crippen LogP contribution in [0.5, 0.6) is 17.2 Å². The molecule has 3 aromatic carbocycles. The van der Waals surface area contributed by atoms with E-state index in [1.807, 2.05) is 68.4 Å². The molecule has 0 radical (unpaired) electrons. The van der Waals surface area contributed by atoms with Crippen molar-refractivity contribution < 1.29 is 32.3 Å². The first-order valence-electron chi connectivity index (χ1n) is 22.2. The van der Waals surface area contributed by atoms with Gasteiger partial charge < -0.3 is 29.8 Å². The van der Waals surface area contributed by atoms with Crippen molar-refractivity contribution in [2.24, 2.45) is 5.92 Å². The summed E-state index contributed by atoms with van der Waals surface area (Å²) < 4.78 is 40.8. The fourth-order valence-electron chi connectivity index (χ4n) is 7.65. The van der Waals surface area contributed by atoms with Crippen LogP contribution in [0.15, 0.2) is 114 Å². The molecule has 1 aromatic heterocycles. The Morgan fingerprint density at radius 2 is 1.56 bits per heavy atom. The molecule has 336 valence electrons. The van der Waals surface area contributed by atoms with Gasteiger partial charge in [0.2, 0.25) is 5.56 Å². The molecule has 0 amide bonds. The van der Waals surface area contributed by atoms with Crippen molar-refractivity contribution in [2.45, 2.75) is 110 Å². The van der Waals surface area contributed by atoms with E-state index in [1.54, 1.807) is 12.1 Å². The second-order valence-corrected chi connectivity index (χ2v) is 17.3. The molecule has 62 heavy (non-hydrogen) atoms. The van der Waals surface area contributed by atoms with Crippen molar-refractivity contribution in [3.63, 3.8) is 0 Å². The molecule has 6 rings (SSSR count). The highest BCUT2D eigenvalue weighted by molar-refractivity contribution is 7.89. The number of pyridine rings is 1. The second-order valence-electron chi connectivity index (χ2n) is 15.7. The monoisotopic (exact) mass is 869 g/mol. The molecule has 12 heteroatoms. The SMILES string of the molecule is C=C/C=C(/C)S(=O)(=O)O.CC.CN(/C=C\CCC1CCC1OC(=O)C1c2ccccc2Oc2ccccc21)CCCCCCCCCNCCc1ccc(O)c2[nH]c(=O)ccc12. The number of benzene rings is 3. The number of phenols is 1. The summed E-state index contributed by atoms with van der Waals surface area (Å²) in [5.41, 5.74) is 3.20. The van der Waals surface area contributed by atoms with E-state index in [9.17, 15) is 23.1 Å². The van der Waals surface area contributed by atoms with E-state index in [1.165, 1.54) is 70.1 Å². The topological polar surface area (TPSA) is 158 Å². The molecule has 11 nitrogen and oxygen atoms in total. The standard InChI is InChI=1S/C43H53N3O5.C5H8O3S.C2H6/c1-46(29-13-6-4-2-3-5-12-27-44-28-26-31-20-23-36(47)42-33(31)22-25-40(48)45-42)30-14-11-15-32-21-24-37(32)51-43(49)41-34-16-7-9-18-38(34)50-39-19-10-8-17-35(39)41;1-3-4-5(2)9(6,7)8;1-2/h7-10,14,16-20,22-23,25,30,32,37,41,44,47H,2-6,11-13,15,21,24,26-29H2,1H3,(H,45,48);3-4H,1H2,2H3,(H,6,7,8);1-2H3/b30-14-;5-4-;. The molecule has 4 aromatic rings. The molecule has 0 saturated heterocycles. The van der Waals surface area contributed by atoms with Crippen molar-refractivity contribution in [1.82, 2.24) is 15.2 Å². The lowest BCUT2D eigenvalue weighted by molar-refractivity contribution is -0.159. The van der Waals surface area contributed by atoms with Gasteiger partial charge in [-0.25, -0.2) is 0 Å². The molecular weight excluding hydrogens is 803 g/mol. The summed E-state index contributed by atoms with van der Waals surface area (Å²) in [6.07, 6.45) is 20.7. The zero-order valence-corrected chi connectivity index (χ0v) is 37.8. The van der Waals surface area contributed by atoms with Gasteiger partial charge in [-0.05, 0) is 113 Å². The Bertz CT molecular complexity index is 2220. The van der Waals surface area contributed by atoms with E-state index in [2.05, 4.69) is 41.1 Å². The van der Waals surface area contributed by atoms with Crippen LogP contribution in [-0.4, -0.2) is 66.7 Å². The quantitative estimate of drug-likeness (QED) is 0.0275. The second kappa shape index (κ2) is 25.7. The number of hydrogen-bond donors (Lipinski definition) is 4. The van der Waals surface area contributed by atoms with Gasteiger partial charge in [0.05, 0.1) is 10.4 Å². The number of rotatable bonds is 21. The summed E-state index contributed by atoms with van der Waals surface area (Å²) in [6.45, 7) is 11.5. The molecule has 2 aliphatic rings. The number of aromatic amines is 1. The first kappa shape index (κ1) is 49.5. The van der Waals surface area contributed by atoms with Crippen LogP contribution < -0.4 is 15.6 Å². The first-order chi connectivity index (χ1) is 30.0. The Morgan fingerprint density at radius 1 is 0.919 bits per heavy atom. The number of aromatic nitrogens is 1. The maximum Gasteiger partial charge on any atom is 0.318 e.